The molecule has 7 nitrogen and oxygen atoms in total. The summed E-state index contributed by atoms with van der Waals surface area (Å²) in [7, 11) is 0. The summed E-state index contributed by atoms with van der Waals surface area (Å²) in [5.74, 6) is 0.749. The van der Waals surface area contributed by atoms with Crippen LogP contribution in [0.1, 0.15) is 31.9 Å². The normalized spacial score (nSPS) is 11.8. The van der Waals surface area contributed by atoms with Gasteiger partial charge in [0.2, 0.25) is 11.8 Å². The van der Waals surface area contributed by atoms with Crippen LogP contribution in [0.25, 0.3) is 0 Å². The van der Waals surface area contributed by atoms with E-state index in [1.165, 1.54) is 23.9 Å². The summed E-state index contributed by atoms with van der Waals surface area (Å²) in [6, 6.07) is 13.4. The third kappa shape index (κ3) is 8.27. The van der Waals surface area contributed by atoms with Crippen molar-refractivity contribution >= 4 is 45.2 Å². The summed E-state index contributed by atoms with van der Waals surface area (Å²) >= 11 is 4.86. The number of nitro benzene ring substituents is 1. The van der Waals surface area contributed by atoms with Crippen LogP contribution in [0.2, 0.25) is 0 Å². The molecule has 1 unspecified atom stereocenters. The summed E-state index contributed by atoms with van der Waals surface area (Å²) in [5.41, 5.74) is 1.86. The van der Waals surface area contributed by atoms with Crippen LogP contribution in [0.5, 0.6) is 0 Å². The Hall–Kier alpha value is -2.39. The number of hydrogen-bond acceptors (Lipinski definition) is 5. The van der Waals surface area contributed by atoms with Gasteiger partial charge in [-0.1, -0.05) is 54.0 Å². The number of nitrogens with zero attached hydrogens (tertiary/aromatic N) is 2. The van der Waals surface area contributed by atoms with Crippen molar-refractivity contribution in [2.75, 3.05) is 12.3 Å². The second-order valence-electron chi connectivity index (χ2n) is 7.88. The molecule has 0 spiro atoms. The molecule has 0 bridgehead atoms. The maximum Gasteiger partial charge on any atom is 0.269 e. The largest absolute Gasteiger partial charge is 0.354 e. The lowest BCUT2D eigenvalue weighted by atomic mass is 10.1. The average molecular weight is 522 g/mol. The molecule has 1 atom stereocenters. The zero-order chi connectivity index (χ0) is 23.7. The van der Waals surface area contributed by atoms with Crippen molar-refractivity contribution in [2.45, 2.75) is 39.1 Å². The smallest absolute Gasteiger partial charge is 0.269 e. The number of benzene rings is 2. The highest BCUT2D eigenvalue weighted by molar-refractivity contribution is 9.10. The van der Waals surface area contributed by atoms with Crippen molar-refractivity contribution in [3.8, 4) is 0 Å². The number of rotatable bonds is 11. The number of hydrogen-bond donors (Lipinski definition) is 1. The zero-order valence-corrected chi connectivity index (χ0v) is 20.8. The number of carbonyl (C=O) groups excluding carboxylic acids is 2. The highest BCUT2D eigenvalue weighted by Crippen LogP contribution is 2.19. The third-order valence-corrected chi connectivity index (χ3v) is 6.22. The van der Waals surface area contributed by atoms with Gasteiger partial charge in [-0.3, -0.25) is 19.7 Å². The van der Waals surface area contributed by atoms with E-state index in [1.54, 1.807) is 24.0 Å². The molecule has 2 aromatic rings. The third-order valence-electron chi connectivity index (χ3n) is 4.74. The predicted molar refractivity (Wildman–Crippen MR) is 131 cm³/mol. The van der Waals surface area contributed by atoms with E-state index in [-0.39, 0.29) is 23.3 Å². The molecule has 1 N–H and O–H groups in total. The lowest BCUT2D eigenvalue weighted by Gasteiger charge is -2.29. The number of non-ortho nitro benzene ring substituents is 1. The molecule has 32 heavy (non-hydrogen) atoms. The van der Waals surface area contributed by atoms with Crippen LogP contribution in [-0.2, 0) is 21.9 Å². The minimum atomic E-state index is -0.611. The first kappa shape index (κ1) is 25.9. The zero-order valence-electron chi connectivity index (χ0n) is 18.4. The van der Waals surface area contributed by atoms with Gasteiger partial charge >= 0.3 is 0 Å². The molecular weight excluding hydrogens is 494 g/mol. The quantitative estimate of drug-likeness (QED) is 0.339. The van der Waals surface area contributed by atoms with Crippen molar-refractivity contribution in [3.05, 3.63) is 74.2 Å². The molecule has 0 radical (unpaired) electrons. The molecule has 0 heterocycles. The fourth-order valence-electron chi connectivity index (χ4n) is 2.92. The number of amides is 2. The maximum atomic E-state index is 13.1. The molecule has 0 aliphatic rings. The first-order valence-electron chi connectivity index (χ1n) is 10.3. The topological polar surface area (TPSA) is 92.6 Å². The van der Waals surface area contributed by atoms with E-state index in [9.17, 15) is 19.7 Å². The second-order valence-corrected chi connectivity index (χ2v) is 9.78. The number of nitro groups is 1. The highest BCUT2D eigenvalue weighted by atomic mass is 79.9. The Balaban J connectivity index is 2.04. The van der Waals surface area contributed by atoms with Crippen molar-refractivity contribution in [3.63, 3.8) is 0 Å². The Kier molecular flexibility index (Phi) is 10.2. The molecule has 0 aliphatic heterocycles. The Morgan fingerprint density at radius 2 is 1.81 bits per heavy atom. The summed E-state index contributed by atoms with van der Waals surface area (Å²) in [4.78, 5) is 37.7. The van der Waals surface area contributed by atoms with E-state index in [0.717, 1.165) is 15.6 Å². The molecule has 2 amide bonds. The number of nitrogens with one attached hydrogen (secondary N) is 1. The Morgan fingerprint density at radius 1 is 1.12 bits per heavy atom. The van der Waals surface area contributed by atoms with Gasteiger partial charge in [-0.25, -0.2) is 0 Å². The van der Waals surface area contributed by atoms with E-state index in [1.807, 2.05) is 38.1 Å². The van der Waals surface area contributed by atoms with Gasteiger partial charge in [-0.05, 0) is 36.1 Å². The van der Waals surface area contributed by atoms with Crippen LogP contribution in [0.3, 0.4) is 0 Å². The van der Waals surface area contributed by atoms with Crippen molar-refractivity contribution in [2.24, 2.45) is 5.92 Å². The van der Waals surface area contributed by atoms with Crippen LogP contribution in [0.4, 0.5) is 5.69 Å². The molecule has 2 rings (SSSR count). The minimum absolute atomic E-state index is 0.0382. The minimum Gasteiger partial charge on any atom is -0.354 e. The lowest BCUT2D eigenvalue weighted by molar-refractivity contribution is -0.384. The van der Waals surface area contributed by atoms with Crippen molar-refractivity contribution in [1.82, 2.24) is 10.2 Å². The van der Waals surface area contributed by atoms with E-state index >= 15 is 0 Å². The summed E-state index contributed by atoms with van der Waals surface area (Å²) in [6.45, 7) is 6.66. The Morgan fingerprint density at radius 3 is 2.41 bits per heavy atom. The standard InChI is InChI=1S/C23H28BrN3O4S/c1-16(2)12-25-23(29)17(3)26(13-19-5-4-6-20(24)11-19)22(28)15-32-14-18-7-9-21(10-8-18)27(30)31/h4-11,16-17H,12-15H2,1-3H3,(H,25,29). The highest BCUT2D eigenvalue weighted by Gasteiger charge is 2.26. The van der Waals surface area contributed by atoms with Gasteiger partial charge in [-0.15, -0.1) is 11.8 Å². The summed E-state index contributed by atoms with van der Waals surface area (Å²) in [5, 5.41) is 13.7. The Labute approximate surface area is 201 Å². The van der Waals surface area contributed by atoms with Gasteiger partial charge in [0.1, 0.15) is 6.04 Å². The fourth-order valence-corrected chi connectivity index (χ4v) is 4.24. The first-order valence-corrected chi connectivity index (χ1v) is 12.2. The van der Waals surface area contributed by atoms with Gasteiger partial charge in [0.15, 0.2) is 0 Å². The molecular formula is C23H28BrN3O4S. The lowest BCUT2D eigenvalue weighted by Crippen LogP contribution is -2.48. The van der Waals surface area contributed by atoms with Crippen LogP contribution < -0.4 is 5.32 Å². The van der Waals surface area contributed by atoms with Crippen LogP contribution in [0, 0.1) is 16.0 Å². The molecule has 0 fully saturated rings. The van der Waals surface area contributed by atoms with Gasteiger partial charge in [0, 0.05) is 35.4 Å². The molecule has 0 aromatic heterocycles. The monoisotopic (exact) mass is 521 g/mol. The molecule has 2 aromatic carbocycles. The van der Waals surface area contributed by atoms with Crippen molar-refractivity contribution in [1.29, 1.82) is 0 Å². The summed E-state index contributed by atoms with van der Waals surface area (Å²) in [6.07, 6.45) is 0. The Bertz CT molecular complexity index is 937. The van der Waals surface area contributed by atoms with E-state index in [2.05, 4.69) is 21.2 Å². The van der Waals surface area contributed by atoms with Crippen LogP contribution >= 0.6 is 27.7 Å². The number of carbonyl (C=O) groups is 2. The first-order chi connectivity index (χ1) is 15.2. The van der Waals surface area contributed by atoms with Crippen molar-refractivity contribution < 1.29 is 14.5 Å². The van der Waals surface area contributed by atoms with E-state index in [4.69, 9.17) is 0 Å². The summed E-state index contributed by atoms with van der Waals surface area (Å²) < 4.78 is 0.909. The molecule has 172 valence electrons. The fraction of sp³-hybridized carbons (Fsp3) is 0.391. The number of thioether (sulfide) groups is 1. The van der Waals surface area contributed by atoms with E-state index in [0.29, 0.717) is 24.8 Å². The van der Waals surface area contributed by atoms with Crippen LogP contribution in [0.15, 0.2) is 53.0 Å². The second kappa shape index (κ2) is 12.6. The average Bonchev–Trinajstić information content (AvgIpc) is 2.75. The number of halogens is 1. The predicted octanol–water partition coefficient (Wildman–Crippen LogP) is 4.78. The molecule has 9 heteroatoms. The van der Waals surface area contributed by atoms with E-state index < -0.39 is 11.0 Å². The molecule has 0 saturated heterocycles. The SMILES string of the molecule is CC(C)CNC(=O)C(C)N(Cc1cccc(Br)c1)C(=O)CSCc1ccc([N+](=O)[O-])cc1. The van der Waals surface area contributed by atoms with Gasteiger partial charge in [0.05, 0.1) is 10.7 Å². The molecule has 0 saturated carbocycles. The van der Waals surface area contributed by atoms with Gasteiger partial charge in [-0.2, -0.15) is 0 Å². The van der Waals surface area contributed by atoms with Gasteiger partial charge < -0.3 is 10.2 Å². The molecule has 0 aliphatic carbocycles. The van der Waals surface area contributed by atoms with Gasteiger partial charge in [0.25, 0.3) is 5.69 Å². The van der Waals surface area contributed by atoms with Crippen LogP contribution in [-0.4, -0.2) is 40.0 Å². The maximum absolute atomic E-state index is 13.1.